The van der Waals surface area contributed by atoms with Gasteiger partial charge >= 0.3 is 5.43 Å². The molecule has 0 saturated heterocycles. The first-order valence-electron chi connectivity index (χ1n) is 5.40. The molecule has 1 rings (SSSR count). The number of carbonyl (C=O) groups is 1. The third kappa shape index (κ3) is 3.35. The van der Waals surface area contributed by atoms with Crippen LogP contribution in [0, 0.1) is 11.8 Å². The minimum atomic E-state index is -0.785. The predicted molar refractivity (Wildman–Crippen MR) is 58.9 cm³/mol. The second-order valence-corrected chi connectivity index (χ2v) is 5.32. The van der Waals surface area contributed by atoms with Crippen LogP contribution in [0.25, 0.3) is 0 Å². The van der Waals surface area contributed by atoms with E-state index in [4.69, 9.17) is 16.3 Å². The molecule has 0 aromatic rings. The molecule has 0 heterocycles. The van der Waals surface area contributed by atoms with Gasteiger partial charge in [-0.2, -0.15) is 0 Å². The fourth-order valence-electron chi connectivity index (χ4n) is 2.42. The number of aliphatic hydroxyl groups is 1. The van der Waals surface area contributed by atoms with Crippen LogP contribution in [0.5, 0.6) is 0 Å². The van der Waals surface area contributed by atoms with Crippen LogP contribution < -0.4 is 0 Å². The molecule has 0 aliphatic heterocycles. The number of hydrogen-bond acceptors (Lipinski definition) is 3. The Morgan fingerprint density at radius 1 is 1.60 bits per heavy atom. The first-order valence-corrected chi connectivity index (χ1v) is 5.78. The Balaban J connectivity index is 2.60. The molecular weight excluding hydrogens is 216 g/mol. The van der Waals surface area contributed by atoms with E-state index in [0.717, 1.165) is 12.8 Å². The van der Waals surface area contributed by atoms with Gasteiger partial charge in [0.05, 0.1) is 6.10 Å². The van der Waals surface area contributed by atoms with Crippen LogP contribution in [0.3, 0.4) is 0 Å². The Kier molecular flexibility index (Phi) is 4.01. The zero-order chi connectivity index (χ0) is 11.6. The maximum atomic E-state index is 10.7. The van der Waals surface area contributed by atoms with Crippen molar-refractivity contribution >= 4 is 17.0 Å². The summed E-state index contributed by atoms with van der Waals surface area (Å²) in [5.41, 5.74) is -1.38. The average molecular weight is 235 g/mol. The van der Waals surface area contributed by atoms with E-state index in [9.17, 15) is 9.90 Å². The molecule has 0 aromatic carbocycles. The summed E-state index contributed by atoms with van der Waals surface area (Å²) < 4.78 is 5.04. The molecule has 4 heteroatoms. The van der Waals surface area contributed by atoms with E-state index in [2.05, 4.69) is 13.8 Å². The number of hydrogen-bond donors (Lipinski definition) is 1. The van der Waals surface area contributed by atoms with Gasteiger partial charge in [0, 0.05) is 18.0 Å². The lowest BCUT2D eigenvalue weighted by Crippen LogP contribution is -2.43. The zero-order valence-electron chi connectivity index (χ0n) is 9.50. The Morgan fingerprint density at radius 2 is 2.20 bits per heavy atom. The molecule has 1 N–H and O–H groups in total. The van der Waals surface area contributed by atoms with Gasteiger partial charge < -0.3 is 9.84 Å². The van der Waals surface area contributed by atoms with Crippen molar-refractivity contribution in [1.82, 2.24) is 0 Å². The van der Waals surface area contributed by atoms with Gasteiger partial charge in [-0.3, -0.25) is 0 Å². The molecule has 3 nitrogen and oxygen atoms in total. The molecule has 0 radical (unpaired) electrons. The van der Waals surface area contributed by atoms with Crippen molar-refractivity contribution in [3.05, 3.63) is 0 Å². The Labute approximate surface area is 95.8 Å². The fraction of sp³-hybridized carbons (Fsp3) is 0.909. The van der Waals surface area contributed by atoms with Crippen molar-refractivity contribution in [2.24, 2.45) is 11.8 Å². The van der Waals surface area contributed by atoms with Gasteiger partial charge in [0.25, 0.3) is 0 Å². The lowest BCUT2D eigenvalue weighted by Gasteiger charge is -2.40. The molecule has 0 bridgehead atoms. The van der Waals surface area contributed by atoms with E-state index in [1.54, 1.807) is 0 Å². The smallest absolute Gasteiger partial charge is 0.404 e. The molecule has 2 unspecified atom stereocenters. The molecule has 0 aromatic heterocycles. The summed E-state index contributed by atoms with van der Waals surface area (Å²) in [5, 5.41) is 9.95. The highest BCUT2D eigenvalue weighted by molar-refractivity contribution is 6.61. The molecule has 1 aliphatic rings. The van der Waals surface area contributed by atoms with Crippen LogP contribution >= 0.6 is 11.6 Å². The average Bonchev–Trinajstić information content (AvgIpc) is 1.99. The van der Waals surface area contributed by atoms with E-state index in [1.165, 1.54) is 0 Å². The van der Waals surface area contributed by atoms with E-state index < -0.39 is 17.1 Å². The highest BCUT2D eigenvalue weighted by Gasteiger charge is 2.40. The van der Waals surface area contributed by atoms with E-state index in [0.29, 0.717) is 18.3 Å². The van der Waals surface area contributed by atoms with Crippen molar-refractivity contribution in [3.63, 3.8) is 0 Å². The number of ether oxygens (including phenoxy) is 1. The normalized spacial score (nSPS) is 36.7. The highest BCUT2D eigenvalue weighted by atomic mass is 35.5. The fourth-order valence-corrected chi connectivity index (χ4v) is 2.61. The van der Waals surface area contributed by atoms with Crippen LogP contribution in [0.2, 0.25) is 0 Å². The van der Waals surface area contributed by atoms with Gasteiger partial charge in [-0.05, 0) is 31.6 Å². The van der Waals surface area contributed by atoms with Crippen LogP contribution in [-0.4, -0.2) is 22.2 Å². The van der Waals surface area contributed by atoms with Crippen molar-refractivity contribution in [1.29, 1.82) is 0 Å². The summed E-state index contributed by atoms with van der Waals surface area (Å²) in [5.74, 6) is 0.753. The van der Waals surface area contributed by atoms with Crippen molar-refractivity contribution in [3.8, 4) is 0 Å². The van der Waals surface area contributed by atoms with Crippen LogP contribution in [0.15, 0.2) is 0 Å². The Morgan fingerprint density at radius 3 is 2.60 bits per heavy atom. The van der Waals surface area contributed by atoms with Gasteiger partial charge in [0.1, 0.15) is 5.60 Å². The lowest BCUT2D eigenvalue weighted by atomic mass is 9.73. The summed E-state index contributed by atoms with van der Waals surface area (Å²) in [4.78, 5) is 10.7. The van der Waals surface area contributed by atoms with E-state index >= 15 is 0 Å². The maximum Gasteiger partial charge on any atom is 0.404 e. The topological polar surface area (TPSA) is 46.5 Å². The molecule has 3 atom stereocenters. The molecule has 1 saturated carbocycles. The molecule has 1 aliphatic carbocycles. The van der Waals surface area contributed by atoms with E-state index in [1.807, 2.05) is 6.92 Å². The molecular formula is C11H19ClO3. The number of halogens is 1. The summed E-state index contributed by atoms with van der Waals surface area (Å²) in [6.07, 6.45) is 1.72. The number of aliphatic hydroxyl groups excluding tert-OH is 1. The molecule has 0 spiro atoms. The van der Waals surface area contributed by atoms with Crippen LogP contribution in [0.4, 0.5) is 4.79 Å². The third-order valence-electron chi connectivity index (χ3n) is 3.32. The minimum absolute atomic E-state index is 0.298. The highest BCUT2D eigenvalue weighted by Crippen LogP contribution is 2.38. The lowest BCUT2D eigenvalue weighted by molar-refractivity contribution is -0.0683. The third-order valence-corrected chi connectivity index (χ3v) is 3.40. The largest absolute Gasteiger partial charge is 0.447 e. The summed E-state index contributed by atoms with van der Waals surface area (Å²) in [6, 6.07) is 0. The Bertz CT molecular complexity index is 242. The summed E-state index contributed by atoms with van der Waals surface area (Å²) in [7, 11) is 0. The van der Waals surface area contributed by atoms with Crippen molar-refractivity contribution in [2.75, 3.05) is 0 Å². The van der Waals surface area contributed by atoms with Crippen molar-refractivity contribution in [2.45, 2.75) is 51.7 Å². The van der Waals surface area contributed by atoms with Gasteiger partial charge in [-0.15, -0.1) is 0 Å². The predicted octanol–water partition coefficient (Wildman–Crippen LogP) is 2.94. The van der Waals surface area contributed by atoms with E-state index in [-0.39, 0.29) is 0 Å². The summed E-state index contributed by atoms with van der Waals surface area (Å²) >= 11 is 5.20. The molecule has 0 amide bonds. The van der Waals surface area contributed by atoms with Gasteiger partial charge in [-0.1, -0.05) is 13.8 Å². The van der Waals surface area contributed by atoms with Gasteiger partial charge in [0.2, 0.25) is 0 Å². The second-order valence-electron chi connectivity index (χ2n) is 5.01. The second kappa shape index (κ2) is 4.71. The zero-order valence-corrected chi connectivity index (χ0v) is 10.3. The van der Waals surface area contributed by atoms with Crippen LogP contribution in [-0.2, 0) is 4.74 Å². The Hall–Kier alpha value is -0.280. The number of rotatable bonds is 2. The minimum Gasteiger partial charge on any atom is -0.447 e. The van der Waals surface area contributed by atoms with Gasteiger partial charge in [-0.25, -0.2) is 4.79 Å². The van der Waals surface area contributed by atoms with Crippen LogP contribution in [0.1, 0.15) is 40.0 Å². The first kappa shape index (κ1) is 12.8. The van der Waals surface area contributed by atoms with Crippen molar-refractivity contribution < 1.29 is 14.6 Å². The quantitative estimate of drug-likeness (QED) is 0.748. The molecule has 88 valence electrons. The molecule has 1 fully saturated rings. The first-order chi connectivity index (χ1) is 6.84. The SMILES string of the molecule is CC(C)C1CC[C@@](C)(OC(=O)Cl)CC1O. The molecule has 15 heavy (non-hydrogen) atoms. The monoisotopic (exact) mass is 234 g/mol. The standard InChI is InChI=1S/C11H19ClO3/c1-7(2)8-4-5-11(3,6-9(8)13)15-10(12)14/h7-9,13H,4-6H2,1-3H3/t8?,9?,11-/m1/s1. The summed E-state index contributed by atoms with van der Waals surface area (Å²) in [6.45, 7) is 6.03. The maximum absolute atomic E-state index is 10.7. The van der Waals surface area contributed by atoms with Gasteiger partial charge in [0.15, 0.2) is 0 Å². The number of carbonyl (C=O) groups excluding carboxylic acids is 1.